The zero-order valence-corrected chi connectivity index (χ0v) is 9.15. The smallest absolute Gasteiger partial charge is 0.374 e. The third kappa shape index (κ3) is 2.92. The molecule has 0 aliphatic carbocycles. The maximum Gasteiger partial charge on any atom is 0.374 e. The highest BCUT2D eigenvalue weighted by Crippen LogP contribution is 2.04. The summed E-state index contributed by atoms with van der Waals surface area (Å²) in [5, 5.41) is 2.98. The van der Waals surface area contributed by atoms with Crippen LogP contribution >= 0.6 is 0 Å². The Morgan fingerprint density at radius 2 is 2.47 bits per heavy atom. The summed E-state index contributed by atoms with van der Waals surface area (Å²) in [6.07, 6.45) is 5.56. The molecular formula is C10H15N3O2. The number of methoxy groups -OCH3 is 1. The van der Waals surface area contributed by atoms with E-state index in [0.29, 0.717) is 5.82 Å². The molecule has 82 valence electrons. The summed E-state index contributed by atoms with van der Waals surface area (Å²) in [6, 6.07) is 0. The zero-order chi connectivity index (χ0) is 11.3. The van der Waals surface area contributed by atoms with Crippen LogP contribution in [0.4, 0.5) is 0 Å². The predicted molar refractivity (Wildman–Crippen MR) is 57.5 cm³/mol. The molecule has 0 saturated heterocycles. The molecule has 0 bridgehead atoms. The van der Waals surface area contributed by atoms with E-state index in [9.17, 15) is 4.79 Å². The van der Waals surface area contributed by atoms with E-state index in [-0.39, 0.29) is 0 Å². The third-order valence-electron chi connectivity index (χ3n) is 1.87. The number of hydrogen-bond donors (Lipinski definition) is 1. The average molecular weight is 209 g/mol. The van der Waals surface area contributed by atoms with Crippen molar-refractivity contribution in [3.8, 4) is 0 Å². The van der Waals surface area contributed by atoms with E-state index in [1.165, 1.54) is 7.11 Å². The van der Waals surface area contributed by atoms with Crippen molar-refractivity contribution < 1.29 is 9.53 Å². The molecule has 5 heteroatoms. The molecular weight excluding hydrogens is 194 g/mol. The number of esters is 1. The second kappa shape index (κ2) is 5.31. The minimum absolute atomic E-state index is 0.307. The summed E-state index contributed by atoms with van der Waals surface area (Å²) in [6.45, 7) is 0.768. The molecule has 0 radical (unpaired) electrons. The number of carbonyl (C=O) groups excluding carboxylic acids is 1. The van der Waals surface area contributed by atoms with Crippen LogP contribution in [-0.4, -0.2) is 36.2 Å². The van der Waals surface area contributed by atoms with E-state index in [2.05, 4.69) is 15.0 Å². The van der Waals surface area contributed by atoms with Crippen LogP contribution in [0.25, 0.3) is 6.08 Å². The summed E-state index contributed by atoms with van der Waals surface area (Å²) in [7, 11) is 4.96. The fraction of sp³-hybridized carbons (Fsp3) is 0.400. The van der Waals surface area contributed by atoms with Gasteiger partial charge < -0.3 is 14.6 Å². The molecule has 0 aliphatic heterocycles. The van der Waals surface area contributed by atoms with Gasteiger partial charge in [-0.15, -0.1) is 0 Å². The van der Waals surface area contributed by atoms with Gasteiger partial charge in [-0.25, -0.2) is 9.78 Å². The Kier molecular flexibility index (Phi) is 4.05. The predicted octanol–water partition coefficient (Wildman–Crippen LogP) is 0.439. The van der Waals surface area contributed by atoms with Crippen molar-refractivity contribution in [1.82, 2.24) is 14.9 Å². The summed E-state index contributed by atoms with van der Waals surface area (Å²) >= 11 is 0. The minimum atomic E-state index is -0.425. The van der Waals surface area contributed by atoms with Gasteiger partial charge in [-0.3, -0.25) is 0 Å². The number of ether oxygens (including phenoxy) is 1. The second-order valence-electron chi connectivity index (χ2n) is 3.05. The van der Waals surface area contributed by atoms with Crippen LogP contribution in [-0.2, 0) is 11.8 Å². The number of likely N-dealkylation sites (N-methyl/N-ethyl adjacent to an activating group) is 1. The van der Waals surface area contributed by atoms with E-state index < -0.39 is 5.97 Å². The number of imidazole rings is 1. The Balaban J connectivity index is 2.81. The molecule has 1 aromatic heterocycles. The average Bonchev–Trinajstić information content (AvgIpc) is 2.59. The molecule has 0 aliphatic rings. The fourth-order valence-electron chi connectivity index (χ4n) is 1.15. The topological polar surface area (TPSA) is 56.2 Å². The molecule has 0 amide bonds. The van der Waals surface area contributed by atoms with Gasteiger partial charge in [0.15, 0.2) is 0 Å². The van der Waals surface area contributed by atoms with Crippen LogP contribution in [0.15, 0.2) is 12.3 Å². The van der Waals surface area contributed by atoms with Gasteiger partial charge in [0.05, 0.1) is 12.8 Å². The van der Waals surface area contributed by atoms with Crippen LogP contribution < -0.4 is 5.32 Å². The minimum Gasteiger partial charge on any atom is -0.463 e. The van der Waals surface area contributed by atoms with E-state index in [1.807, 2.05) is 19.2 Å². The Morgan fingerprint density at radius 3 is 3.07 bits per heavy atom. The quantitative estimate of drug-likeness (QED) is 0.731. The van der Waals surface area contributed by atoms with Crippen LogP contribution in [0, 0.1) is 0 Å². The number of nitrogens with zero attached hydrogens (tertiary/aromatic N) is 2. The van der Waals surface area contributed by atoms with Gasteiger partial charge in [-0.1, -0.05) is 6.08 Å². The molecule has 15 heavy (non-hydrogen) atoms. The number of aromatic nitrogens is 2. The molecule has 1 N–H and O–H groups in total. The zero-order valence-electron chi connectivity index (χ0n) is 9.15. The molecule has 0 saturated carbocycles. The number of rotatable bonds is 4. The maximum atomic E-state index is 11.2. The third-order valence-corrected chi connectivity index (χ3v) is 1.87. The molecule has 0 atom stereocenters. The molecule has 1 aromatic rings. The van der Waals surface area contributed by atoms with Crippen molar-refractivity contribution in [2.75, 3.05) is 20.7 Å². The van der Waals surface area contributed by atoms with E-state index in [0.717, 1.165) is 12.2 Å². The lowest BCUT2D eigenvalue weighted by Gasteiger charge is -1.96. The Labute approximate surface area is 88.8 Å². The normalized spacial score (nSPS) is 10.9. The molecule has 1 rings (SSSR count). The van der Waals surface area contributed by atoms with Crippen LogP contribution in [0.2, 0.25) is 0 Å². The summed E-state index contributed by atoms with van der Waals surface area (Å²) in [4.78, 5) is 15.4. The molecule has 0 spiro atoms. The first kappa shape index (κ1) is 11.5. The van der Waals surface area contributed by atoms with Gasteiger partial charge in [0.2, 0.25) is 5.82 Å². The standard InChI is InChI=1S/C10H15N3O2/c1-11-6-4-5-8-7-13(2)9(12-8)10(14)15-3/h4-5,7,11H,6H2,1-3H3. The first-order chi connectivity index (χ1) is 7.19. The van der Waals surface area contributed by atoms with E-state index in [1.54, 1.807) is 17.8 Å². The second-order valence-corrected chi connectivity index (χ2v) is 3.05. The number of aryl methyl sites for hydroxylation is 1. The SMILES string of the molecule is CNCC=Cc1cn(C)c(C(=O)OC)n1. The number of carbonyl (C=O) groups is 1. The van der Waals surface area contributed by atoms with Gasteiger partial charge >= 0.3 is 5.97 Å². The Hall–Kier alpha value is -1.62. The van der Waals surface area contributed by atoms with Crippen molar-refractivity contribution in [2.45, 2.75) is 0 Å². The summed E-state index contributed by atoms with van der Waals surface area (Å²) in [5.41, 5.74) is 0.744. The molecule has 5 nitrogen and oxygen atoms in total. The van der Waals surface area contributed by atoms with Crippen molar-refractivity contribution >= 4 is 12.0 Å². The Morgan fingerprint density at radius 1 is 1.73 bits per heavy atom. The Bertz CT molecular complexity index is 369. The summed E-state index contributed by atoms with van der Waals surface area (Å²) in [5.74, 6) is -0.118. The highest BCUT2D eigenvalue weighted by atomic mass is 16.5. The molecule has 0 fully saturated rings. The van der Waals surface area contributed by atoms with Gasteiger partial charge in [-0.2, -0.15) is 0 Å². The number of nitrogens with one attached hydrogen (secondary N) is 1. The largest absolute Gasteiger partial charge is 0.463 e. The lowest BCUT2D eigenvalue weighted by molar-refractivity contribution is 0.0583. The maximum absolute atomic E-state index is 11.2. The number of hydrogen-bond acceptors (Lipinski definition) is 4. The van der Waals surface area contributed by atoms with E-state index >= 15 is 0 Å². The first-order valence-electron chi connectivity index (χ1n) is 4.62. The van der Waals surface area contributed by atoms with Gasteiger partial charge in [0, 0.05) is 19.8 Å². The van der Waals surface area contributed by atoms with Crippen LogP contribution in [0.5, 0.6) is 0 Å². The van der Waals surface area contributed by atoms with Crippen molar-refractivity contribution in [3.05, 3.63) is 23.8 Å². The van der Waals surface area contributed by atoms with Crippen LogP contribution in [0.1, 0.15) is 16.3 Å². The van der Waals surface area contributed by atoms with Gasteiger partial charge in [0.1, 0.15) is 0 Å². The van der Waals surface area contributed by atoms with Crippen molar-refractivity contribution in [1.29, 1.82) is 0 Å². The van der Waals surface area contributed by atoms with E-state index in [4.69, 9.17) is 0 Å². The van der Waals surface area contributed by atoms with Gasteiger partial charge in [0.25, 0.3) is 0 Å². The first-order valence-corrected chi connectivity index (χ1v) is 4.62. The van der Waals surface area contributed by atoms with Crippen molar-refractivity contribution in [3.63, 3.8) is 0 Å². The lowest BCUT2D eigenvalue weighted by atomic mass is 10.4. The lowest BCUT2D eigenvalue weighted by Crippen LogP contribution is -2.08. The van der Waals surface area contributed by atoms with Crippen LogP contribution in [0.3, 0.4) is 0 Å². The molecule has 0 aromatic carbocycles. The highest BCUT2D eigenvalue weighted by molar-refractivity contribution is 5.85. The fourth-order valence-corrected chi connectivity index (χ4v) is 1.15. The summed E-state index contributed by atoms with van der Waals surface area (Å²) < 4.78 is 6.24. The molecule has 1 heterocycles. The van der Waals surface area contributed by atoms with Gasteiger partial charge in [-0.05, 0) is 13.1 Å². The monoisotopic (exact) mass is 209 g/mol. The van der Waals surface area contributed by atoms with Crippen molar-refractivity contribution in [2.24, 2.45) is 7.05 Å². The molecule has 0 unspecified atom stereocenters. The highest BCUT2D eigenvalue weighted by Gasteiger charge is 2.12.